The van der Waals surface area contributed by atoms with Crippen LogP contribution in [-0.2, 0) is 84.8 Å². The zero-order valence-corrected chi connectivity index (χ0v) is 59.7. The number of primary amides is 1. The van der Waals surface area contributed by atoms with Crippen LogP contribution in [0, 0.1) is 17.8 Å². The summed E-state index contributed by atoms with van der Waals surface area (Å²) in [4.78, 5) is 207. The number of aliphatic carboxylic acids is 3. The zero-order chi connectivity index (χ0) is 76.6. The number of carboxylic acids is 3. The molecule has 0 aliphatic carbocycles. The molecule has 3 aromatic rings. The van der Waals surface area contributed by atoms with Crippen LogP contribution in [0.5, 0.6) is 0 Å². The average Bonchev–Trinajstić information content (AvgIpc) is 1.77. The number of hydrogen-bond donors (Lipinski definition) is 19. The topological polar surface area (TPSA) is 549 Å². The van der Waals surface area contributed by atoms with E-state index in [0.717, 1.165) is 0 Å². The van der Waals surface area contributed by atoms with E-state index in [0.29, 0.717) is 47.8 Å². The van der Waals surface area contributed by atoms with Gasteiger partial charge in [0.05, 0.1) is 31.9 Å². The molecule has 0 bridgehead atoms. The van der Waals surface area contributed by atoms with Crippen LogP contribution < -0.4 is 75.3 Å². The van der Waals surface area contributed by atoms with Crippen molar-refractivity contribution < 1.29 is 92.3 Å². The number of aromatic amines is 1. The summed E-state index contributed by atoms with van der Waals surface area (Å²) in [5.41, 5.74) is 13.0. The van der Waals surface area contributed by atoms with E-state index in [1.54, 1.807) is 109 Å². The van der Waals surface area contributed by atoms with E-state index in [2.05, 4.69) is 68.8 Å². The van der Waals surface area contributed by atoms with Crippen LogP contribution in [0.1, 0.15) is 123 Å². The van der Waals surface area contributed by atoms with Gasteiger partial charge in [0.15, 0.2) is 0 Å². The van der Waals surface area contributed by atoms with Gasteiger partial charge in [-0.1, -0.05) is 96.5 Å². The molecule has 2 heterocycles. The highest BCUT2D eigenvalue weighted by Gasteiger charge is 2.39. The number of carbonyl (C=O) groups is 15. The number of aliphatic hydroxyl groups excluding tert-OH is 1. The quantitative estimate of drug-likeness (QED) is 0.0262. The first-order chi connectivity index (χ1) is 48.8. The summed E-state index contributed by atoms with van der Waals surface area (Å²) in [6.45, 7) is 9.63. The number of hydrogen-bond acceptors (Lipinski definition) is 19. The first-order valence-corrected chi connectivity index (χ1v) is 35.6. The molecule has 34 nitrogen and oxygen atoms in total. The lowest BCUT2D eigenvalue weighted by atomic mass is 9.97. The molecule has 0 unspecified atom stereocenters. The van der Waals surface area contributed by atoms with Crippen molar-refractivity contribution in [2.24, 2.45) is 29.2 Å². The van der Waals surface area contributed by atoms with Crippen LogP contribution in [0.15, 0.2) is 60.8 Å². The van der Waals surface area contributed by atoms with Gasteiger partial charge in [-0.3, -0.25) is 67.1 Å². The second kappa shape index (κ2) is 43.3. The van der Waals surface area contributed by atoms with Gasteiger partial charge in [-0.25, -0.2) is 4.79 Å². The van der Waals surface area contributed by atoms with Crippen molar-refractivity contribution in [2.45, 2.75) is 198 Å². The summed E-state index contributed by atoms with van der Waals surface area (Å²) in [6, 6.07) is -3.07. The number of nitrogens with two attached hydrogens (primary N) is 2. The van der Waals surface area contributed by atoms with E-state index in [1.807, 2.05) is 0 Å². The summed E-state index contributed by atoms with van der Waals surface area (Å²) in [5.74, 6) is -18.2. The van der Waals surface area contributed by atoms with Gasteiger partial charge in [0.1, 0.15) is 66.5 Å². The minimum atomic E-state index is -1.95. The van der Waals surface area contributed by atoms with Gasteiger partial charge < -0.3 is 101 Å². The first kappa shape index (κ1) is 85.7. The number of aliphatic hydroxyl groups is 1. The lowest BCUT2D eigenvalue weighted by molar-refractivity contribution is -0.142. The predicted octanol–water partition coefficient (Wildman–Crippen LogP) is -2.43. The van der Waals surface area contributed by atoms with Crippen molar-refractivity contribution in [3.63, 3.8) is 0 Å². The normalized spacial score (nSPS) is 16.2. The largest absolute Gasteiger partial charge is 0.481 e. The Balaban J connectivity index is 1.56. The van der Waals surface area contributed by atoms with Gasteiger partial charge in [0.2, 0.25) is 70.9 Å². The molecule has 35 heteroatoms. The number of benzene rings is 2. The van der Waals surface area contributed by atoms with Crippen LogP contribution in [0.2, 0.25) is 0 Å². The van der Waals surface area contributed by atoms with Gasteiger partial charge in [-0.2, -0.15) is 11.8 Å². The molecule has 1 saturated heterocycles. The third kappa shape index (κ3) is 28.5. The maximum Gasteiger partial charge on any atom is 0.326 e. The monoisotopic (exact) mass is 1460 g/mol. The summed E-state index contributed by atoms with van der Waals surface area (Å²) in [7, 11) is 0. The molecule has 0 saturated carbocycles. The molecule has 0 spiro atoms. The lowest BCUT2D eigenvalue weighted by Crippen LogP contribution is -2.62. The Bertz CT molecular complexity index is 3430. The standard InChI is InChI=1S/C68H101N15O19S/c1-8-37(6)56(83-64(97)49(32-54(88)89)78-65(98)51(34-84)81-57(90)42-22-16-25-71-42)67(100)74-44(23-26-103-7)59(92)77-48(31-53(86)87)62(95)75-46(28-38-17-10-9-11-18-38)63(96)82-55(36(4)5)66(99)79-45(27-35(2)3)60(93)73-43(21-14-15-24-69)58(91)76-47(30-52(70)85)61(94)80-50(68(101)102)29-39-33-72-41-20-13-12-19-40(39)41/h9-13,17-20,33,35-37,42-51,55-56,71-72,84H,8,14-16,21-32,34,69H2,1-7H3,(H2,70,85)(H,73,93)(H,74,100)(H,75,95)(H,76,91)(H,77,92)(H,78,98)(H,79,99)(H,80,94)(H,81,90)(H,82,96)(H,83,97)(H,86,87)(H,88,89)(H,101,102)/t37-,42-,43-,44-,45-,46-,47-,48-,49-,50-,51-,55-,56-/m0/s1. The molecule has 1 aliphatic heterocycles. The molecule has 103 heavy (non-hydrogen) atoms. The zero-order valence-electron chi connectivity index (χ0n) is 58.9. The summed E-state index contributed by atoms with van der Waals surface area (Å²) in [6.07, 6.45) is 1.65. The molecule has 1 aliphatic rings. The first-order valence-electron chi connectivity index (χ1n) is 34.2. The number of carboxylic acid groups (broad SMARTS) is 3. The molecule has 4 rings (SSSR count). The molecule has 1 aromatic heterocycles. The number of fused-ring (bicyclic) bond motifs is 1. The van der Waals surface area contributed by atoms with E-state index in [1.165, 1.54) is 11.8 Å². The third-order valence-electron chi connectivity index (χ3n) is 17.1. The van der Waals surface area contributed by atoms with E-state index in [-0.39, 0.29) is 63.2 Å². The number of H-pyrrole nitrogens is 1. The molecular formula is C68H101N15O19S. The second-order valence-electron chi connectivity index (χ2n) is 26.1. The van der Waals surface area contributed by atoms with Crippen molar-refractivity contribution in [1.29, 1.82) is 0 Å². The predicted molar refractivity (Wildman–Crippen MR) is 377 cm³/mol. The third-order valence-corrected chi connectivity index (χ3v) is 17.7. The van der Waals surface area contributed by atoms with E-state index >= 15 is 0 Å². The Hall–Kier alpha value is -9.74. The fraction of sp³-hybridized carbons (Fsp3) is 0.574. The summed E-state index contributed by atoms with van der Waals surface area (Å²) in [5, 5.41) is 70.9. The van der Waals surface area contributed by atoms with Crippen molar-refractivity contribution in [1.82, 2.24) is 68.8 Å². The van der Waals surface area contributed by atoms with Crippen molar-refractivity contribution >= 4 is 111 Å². The Morgan fingerprint density at radius 3 is 1.56 bits per heavy atom. The van der Waals surface area contributed by atoms with Crippen molar-refractivity contribution in [3.05, 3.63) is 71.9 Å². The van der Waals surface area contributed by atoms with Gasteiger partial charge >= 0.3 is 17.9 Å². The Morgan fingerprint density at radius 1 is 0.544 bits per heavy atom. The smallest absolute Gasteiger partial charge is 0.326 e. The number of amides is 12. The molecule has 1 fully saturated rings. The van der Waals surface area contributed by atoms with Gasteiger partial charge in [0.25, 0.3) is 0 Å². The summed E-state index contributed by atoms with van der Waals surface area (Å²) >= 11 is 1.24. The SMILES string of the molecule is CC[C@H](C)[C@H](NC(=O)[C@H](CC(=O)O)NC(=O)[C@H](CO)NC(=O)[C@@H]1CCCN1)C(=O)N[C@@H](CCSC)C(=O)N[C@@H](CC(=O)O)C(=O)N[C@@H](Cc1ccccc1)C(=O)N[C@H](C(=O)N[C@@H](CC(C)C)C(=O)N[C@@H](CCCCN)C(=O)N[C@@H](CC(N)=O)C(=O)N[C@@H](Cc1c[nH]c2ccccc12)C(=O)O)C(C)C. The molecule has 12 amide bonds. The van der Waals surface area contributed by atoms with Crippen molar-refractivity contribution in [2.75, 3.05) is 31.7 Å². The molecule has 13 atom stereocenters. The van der Waals surface area contributed by atoms with Gasteiger partial charge in [0, 0.05) is 29.9 Å². The van der Waals surface area contributed by atoms with Crippen LogP contribution in [0.4, 0.5) is 0 Å². The lowest BCUT2D eigenvalue weighted by Gasteiger charge is -2.30. The van der Waals surface area contributed by atoms with Crippen LogP contribution in [-0.4, -0.2) is 218 Å². The van der Waals surface area contributed by atoms with Crippen LogP contribution >= 0.6 is 11.8 Å². The average molecular weight is 1460 g/mol. The number of aromatic nitrogens is 1. The van der Waals surface area contributed by atoms with E-state index in [9.17, 15) is 92.3 Å². The maximum atomic E-state index is 14.7. The van der Waals surface area contributed by atoms with Gasteiger partial charge in [-0.05, 0) is 105 Å². The fourth-order valence-electron chi connectivity index (χ4n) is 11.2. The van der Waals surface area contributed by atoms with Crippen LogP contribution in [0.25, 0.3) is 10.9 Å². The van der Waals surface area contributed by atoms with E-state index in [4.69, 9.17) is 11.5 Å². The van der Waals surface area contributed by atoms with Crippen LogP contribution in [0.3, 0.4) is 0 Å². The minimum Gasteiger partial charge on any atom is -0.481 e. The Labute approximate surface area is 600 Å². The molecule has 0 radical (unpaired) electrons. The van der Waals surface area contributed by atoms with Crippen molar-refractivity contribution in [3.8, 4) is 0 Å². The highest BCUT2D eigenvalue weighted by molar-refractivity contribution is 7.98. The number of thioether (sulfide) groups is 1. The highest BCUT2D eigenvalue weighted by atomic mass is 32.2. The number of carbonyl (C=O) groups excluding carboxylic acids is 12. The molecule has 2 aromatic carbocycles. The van der Waals surface area contributed by atoms with Gasteiger partial charge in [-0.15, -0.1) is 0 Å². The van der Waals surface area contributed by atoms with E-state index < -0.39 is 199 Å². The minimum absolute atomic E-state index is 0.0427. The Kier molecular flexibility index (Phi) is 36.0. The summed E-state index contributed by atoms with van der Waals surface area (Å²) < 4.78 is 0. The number of nitrogens with one attached hydrogen (secondary N) is 13. The maximum absolute atomic E-state index is 14.7. The molecular weight excluding hydrogens is 1360 g/mol. The number of unbranched alkanes of at least 4 members (excludes halogenated alkanes) is 1. The molecule has 568 valence electrons. The number of rotatable bonds is 46. The second-order valence-corrected chi connectivity index (χ2v) is 27.1. The highest BCUT2D eigenvalue weighted by Crippen LogP contribution is 2.21. The fourth-order valence-corrected chi connectivity index (χ4v) is 11.7. The Morgan fingerprint density at radius 2 is 1.03 bits per heavy atom. The number of para-hydroxylation sites is 1. The molecule has 21 N–H and O–H groups in total.